The molecule has 0 amide bonds. The lowest BCUT2D eigenvalue weighted by Gasteiger charge is -2.54. The Hall–Kier alpha value is -3.04. The van der Waals surface area contributed by atoms with E-state index in [2.05, 4.69) is 110 Å². The van der Waals surface area contributed by atoms with Crippen LogP contribution in [0.15, 0.2) is 12.2 Å². The second-order valence-corrected chi connectivity index (χ2v) is 40.6. The van der Waals surface area contributed by atoms with E-state index < -0.39 is 40.2 Å². The summed E-state index contributed by atoms with van der Waals surface area (Å²) >= 11 is 0. The summed E-state index contributed by atoms with van der Waals surface area (Å²) in [5.41, 5.74) is -3.39. The van der Waals surface area contributed by atoms with Crippen LogP contribution in [0.4, 0.5) is 0 Å². The Morgan fingerprint density at radius 1 is 0.402 bits per heavy atom. The molecule has 0 aromatic rings. The van der Waals surface area contributed by atoms with Crippen LogP contribution < -0.4 is 0 Å². The average Bonchev–Trinajstić information content (AvgIpc) is 1.57. The number of epoxide rings is 8. The topological polar surface area (TPSA) is 262 Å². The maximum Gasteiger partial charge on any atom is 0.302 e. The van der Waals surface area contributed by atoms with Crippen molar-refractivity contribution in [2.75, 3.05) is 0 Å². The molecule has 16 aliphatic rings. The van der Waals surface area contributed by atoms with E-state index in [-0.39, 0.29) is 157 Å². The Morgan fingerprint density at radius 2 is 0.735 bits per heavy atom. The van der Waals surface area contributed by atoms with Crippen LogP contribution in [0.25, 0.3) is 0 Å². The number of Topliss-reactive ketones (excluding diaryl/α,β-unsaturated/α-hetero) is 4. The smallest absolute Gasteiger partial charge is 0.302 e. The maximum atomic E-state index is 13.0. The number of esters is 2. The molecule has 8 saturated heterocycles. The van der Waals surface area contributed by atoms with Crippen molar-refractivity contribution < 1.29 is 86.3 Å². The van der Waals surface area contributed by atoms with Crippen molar-refractivity contribution >= 4 is 35.1 Å². The fourth-order valence-corrected chi connectivity index (χ4v) is 23.4. The van der Waals surface area contributed by atoms with Crippen LogP contribution in [0.1, 0.15) is 287 Å². The third-order valence-electron chi connectivity index (χ3n) is 32.0. The number of ketones is 4. The molecule has 0 aromatic heterocycles. The van der Waals surface area contributed by atoms with Gasteiger partial charge in [0.2, 0.25) is 0 Å². The first kappa shape index (κ1) is 77.1. The Bertz CT molecular complexity index is 3350. The van der Waals surface area contributed by atoms with E-state index in [0.29, 0.717) is 68.5 Å². The summed E-state index contributed by atoms with van der Waals surface area (Å²) in [4.78, 5) is 74.9. The standard InChI is InChI=1S/C22H34O6.C22H34O5.C20H32O4.C20H30O3/c1-12(23)26-14-11-21(5)16(27-21)7-8-20(4)17(28-20)10-13-9-15(24)22(6,25)18(14)19(13,2)3;1-12-15(24)9-14-10-18-21(5,27-18)8-7-17-22(6,26-17)11-16(25-13(2)23)19(12)20(14,3)4;1-17(2)12-10-14(21)20(5,22)13(17)6-8-18(3)15(23-18)7-9-19(4)16(11-12)24-19;1-12-14-6-8-19(4)16(22-19)7-9-20(5)17(23-20)11-13(10-15(12)21)18(14,2)3/h13-14,16-18,25H,7-11H2,1-6H3;12,14,16-19H,7-11H2,1-6H3;12-13,15-16,22H,6-11H2,1-5H3;13-14,16-17H,1,6-11H2,2-5H3/t13?,14-,16?,17?,18?,20?,21?,22?;12?,14?,16-,17?,18?,19?,21?,22?;;/m00../s1. The number of aliphatic hydroxyl groups is 2. The van der Waals surface area contributed by atoms with Gasteiger partial charge in [0.15, 0.2) is 17.3 Å². The van der Waals surface area contributed by atoms with Crippen molar-refractivity contribution in [2.24, 2.45) is 74.9 Å². The monoisotopic (exact) mass is 1430 g/mol. The molecule has 0 radical (unpaired) electrons. The van der Waals surface area contributed by atoms with Crippen molar-refractivity contribution in [2.45, 2.75) is 404 Å². The van der Waals surface area contributed by atoms with Gasteiger partial charge in [-0.2, -0.15) is 0 Å². The summed E-state index contributed by atoms with van der Waals surface area (Å²) in [6.45, 7) is 47.5. The van der Waals surface area contributed by atoms with E-state index in [1.54, 1.807) is 13.8 Å². The van der Waals surface area contributed by atoms with Crippen LogP contribution in [-0.2, 0) is 76.1 Å². The first-order chi connectivity index (χ1) is 46.9. The minimum Gasteiger partial charge on any atom is -0.462 e. The SMILES string of the molecule is C=C1C(=O)CC2CC3OC3(C)CCC3OC3(C)CCC1C2(C)C.CC(=O)O[C@H]1CC2(C)OC2CCC2(C)OC2CC2CC(=O)C(C)(O)C1C2(C)C.CC(=O)O[C@H]1CC2(C)OC2CCC2(C)OC2CC2CC(=O)C(C)C1C2(C)C.CC12CCC3C(C)(O)C(=O)CC(CC4OC4(C)CCC1O2)C3(C)C. The highest BCUT2D eigenvalue weighted by Gasteiger charge is 2.69. The number of hydrogen-bond donors (Lipinski definition) is 2. The molecule has 8 saturated carbocycles. The summed E-state index contributed by atoms with van der Waals surface area (Å²) in [7, 11) is 0. The van der Waals surface area contributed by atoms with Gasteiger partial charge in [-0.05, 0) is 235 Å². The van der Waals surface area contributed by atoms with Crippen molar-refractivity contribution in [3.8, 4) is 0 Å². The summed E-state index contributed by atoms with van der Waals surface area (Å²) in [5, 5.41) is 22.3. The average molecular weight is 1430 g/mol. The predicted molar refractivity (Wildman–Crippen MR) is 382 cm³/mol. The zero-order chi connectivity index (χ0) is 74.6. The van der Waals surface area contributed by atoms with E-state index in [4.69, 9.17) is 47.4 Å². The molecule has 8 bridgehead atoms. The third kappa shape index (κ3) is 14.2. The second-order valence-electron chi connectivity index (χ2n) is 40.6. The molecule has 2 N–H and O–H groups in total. The maximum absolute atomic E-state index is 13.0. The van der Waals surface area contributed by atoms with Gasteiger partial charge in [-0.15, -0.1) is 0 Å². The molecular weight excluding hydrogens is 1300 g/mol. The summed E-state index contributed by atoms with van der Waals surface area (Å²) < 4.78 is 60.1. The van der Waals surface area contributed by atoms with Gasteiger partial charge >= 0.3 is 11.9 Å². The molecule has 0 aromatic carbocycles. The van der Waals surface area contributed by atoms with Gasteiger partial charge in [-0.1, -0.05) is 68.9 Å². The predicted octanol–water partition coefficient (Wildman–Crippen LogP) is 13.8. The molecule has 18 nitrogen and oxygen atoms in total. The van der Waals surface area contributed by atoms with Crippen LogP contribution in [0.3, 0.4) is 0 Å². The number of hydrogen-bond acceptors (Lipinski definition) is 18. The Kier molecular flexibility index (Phi) is 19.1. The molecular formula is C84H130O18. The zero-order valence-electron chi connectivity index (χ0n) is 66.2. The Labute approximate surface area is 609 Å². The summed E-state index contributed by atoms with van der Waals surface area (Å²) in [6, 6.07) is 0. The summed E-state index contributed by atoms with van der Waals surface area (Å²) in [6.07, 6.45) is 19.7. The van der Waals surface area contributed by atoms with Crippen LogP contribution in [0.2, 0.25) is 0 Å². The fourth-order valence-electron chi connectivity index (χ4n) is 23.4. The van der Waals surface area contributed by atoms with E-state index in [1.807, 2.05) is 13.8 Å². The Balaban J connectivity index is 0.000000122. The second kappa shape index (κ2) is 25.3. The number of allylic oxidation sites excluding steroid dienone is 1. The molecule has 102 heavy (non-hydrogen) atoms. The van der Waals surface area contributed by atoms with Crippen molar-refractivity contribution in [3.05, 3.63) is 12.2 Å². The van der Waals surface area contributed by atoms with Gasteiger partial charge in [0, 0.05) is 70.1 Å². The van der Waals surface area contributed by atoms with Crippen LogP contribution in [-0.4, -0.2) is 162 Å². The van der Waals surface area contributed by atoms with E-state index >= 15 is 0 Å². The molecule has 27 unspecified atom stereocenters. The largest absolute Gasteiger partial charge is 0.462 e. The molecule has 574 valence electrons. The lowest BCUT2D eigenvalue weighted by Crippen LogP contribution is -2.62. The minimum absolute atomic E-state index is 0.00115. The molecule has 29 atom stereocenters. The molecule has 0 spiro atoms. The first-order valence-corrected chi connectivity index (χ1v) is 39.9. The van der Waals surface area contributed by atoms with E-state index in [0.717, 1.165) is 108 Å². The third-order valence-corrected chi connectivity index (χ3v) is 32.0. The lowest BCUT2D eigenvalue weighted by molar-refractivity contribution is -0.191. The van der Waals surface area contributed by atoms with E-state index in [9.17, 15) is 39.0 Å². The minimum atomic E-state index is -1.54. The molecule has 8 heterocycles. The van der Waals surface area contributed by atoms with Gasteiger partial charge in [-0.25, -0.2) is 0 Å². The summed E-state index contributed by atoms with van der Waals surface area (Å²) in [5.74, 6) is 0.380. The quantitative estimate of drug-likeness (QED) is 0.148. The molecule has 8 aliphatic carbocycles. The number of ether oxygens (including phenoxy) is 10. The van der Waals surface area contributed by atoms with Crippen LogP contribution >= 0.6 is 0 Å². The highest BCUT2D eigenvalue weighted by Crippen LogP contribution is 2.64. The molecule has 18 heteroatoms. The number of fused-ring (bicyclic) bond motifs is 16. The fraction of sp³-hybridized carbons (Fsp3) is 0.905. The molecule has 8 aliphatic heterocycles. The van der Waals surface area contributed by atoms with Gasteiger partial charge in [0.05, 0.1) is 93.6 Å². The number of carbonyl (C=O) groups is 6. The van der Waals surface area contributed by atoms with Crippen LogP contribution in [0.5, 0.6) is 0 Å². The van der Waals surface area contributed by atoms with Gasteiger partial charge < -0.3 is 57.6 Å². The van der Waals surface area contributed by atoms with Crippen LogP contribution in [0, 0.1) is 74.9 Å². The number of rotatable bonds is 2. The normalized spacial score (nSPS) is 52.9. The highest BCUT2D eigenvalue weighted by atomic mass is 16.6. The zero-order valence-corrected chi connectivity index (χ0v) is 66.2. The van der Waals surface area contributed by atoms with Gasteiger partial charge in [0.1, 0.15) is 29.2 Å². The van der Waals surface area contributed by atoms with Crippen molar-refractivity contribution in [1.29, 1.82) is 0 Å². The molecule has 16 rings (SSSR count). The van der Waals surface area contributed by atoms with Gasteiger partial charge in [0.25, 0.3) is 0 Å². The lowest BCUT2D eigenvalue weighted by atomic mass is 9.53. The number of carbonyl (C=O) groups excluding carboxylic acids is 6. The molecule has 16 fully saturated rings. The van der Waals surface area contributed by atoms with Crippen molar-refractivity contribution in [1.82, 2.24) is 0 Å². The Morgan fingerprint density at radius 3 is 1.18 bits per heavy atom. The highest BCUT2D eigenvalue weighted by molar-refractivity contribution is 5.96. The van der Waals surface area contributed by atoms with Crippen molar-refractivity contribution in [3.63, 3.8) is 0 Å². The van der Waals surface area contributed by atoms with Gasteiger partial charge in [-0.3, -0.25) is 28.8 Å². The first-order valence-electron chi connectivity index (χ1n) is 39.9. The van der Waals surface area contributed by atoms with E-state index in [1.165, 1.54) is 13.8 Å².